The van der Waals surface area contributed by atoms with Gasteiger partial charge in [0.25, 0.3) is 5.91 Å². The van der Waals surface area contributed by atoms with Crippen LogP contribution in [0.3, 0.4) is 0 Å². The number of hydrogen-bond acceptors (Lipinski definition) is 7. The minimum atomic E-state index is -0.679. The lowest BCUT2D eigenvalue weighted by molar-refractivity contribution is -0.144. The number of ketones is 1. The molecular formula is C24H25NO7. The molecule has 1 fully saturated rings. The van der Waals surface area contributed by atoms with E-state index >= 15 is 0 Å². The van der Waals surface area contributed by atoms with Gasteiger partial charge in [-0.3, -0.25) is 9.59 Å². The standard InChI is InChI=1S/C24H25NO7/c1-28-15-11-19(29-2)22-16(26)13-24(32-20(22)12-15)7-9-25(10-8-24)23(27)21-14-30-17-5-3-4-6-18(17)31-21/h3-6,11-12,21H,7-10,13-14H2,1-2H3. The molecule has 1 atom stereocenters. The minimum absolute atomic E-state index is 0.0221. The van der Waals surface area contributed by atoms with E-state index in [4.69, 9.17) is 23.7 Å². The maximum absolute atomic E-state index is 13.0. The van der Waals surface area contributed by atoms with E-state index in [2.05, 4.69) is 0 Å². The number of Topliss-reactive ketones (excluding diaryl/α,β-unsaturated/α-hetero) is 1. The van der Waals surface area contributed by atoms with E-state index in [1.807, 2.05) is 18.2 Å². The van der Waals surface area contributed by atoms with Crippen LogP contribution < -0.4 is 23.7 Å². The van der Waals surface area contributed by atoms with Crippen molar-refractivity contribution in [3.8, 4) is 28.7 Å². The van der Waals surface area contributed by atoms with Gasteiger partial charge in [0.1, 0.15) is 35.0 Å². The van der Waals surface area contributed by atoms with Crippen molar-refractivity contribution in [2.24, 2.45) is 0 Å². The number of fused-ring (bicyclic) bond motifs is 2. The summed E-state index contributed by atoms with van der Waals surface area (Å²) in [5.74, 6) is 2.57. The van der Waals surface area contributed by atoms with Gasteiger partial charge in [-0.2, -0.15) is 0 Å². The van der Waals surface area contributed by atoms with Crippen molar-refractivity contribution in [3.63, 3.8) is 0 Å². The van der Waals surface area contributed by atoms with E-state index < -0.39 is 11.7 Å². The number of ether oxygens (including phenoxy) is 5. The van der Waals surface area contributed by atoms with Crippen molar-refractivity contribution >= 4 is 11.7 Å². The van der Waals surface area contributed by atoms with Gasteiger partial charge in [0.15, 0.2) is 17.3 Å². The van der Waals surface area contributed by atoms with Gasteiger partial charge in [0.2, 0.25) is 6.10 Å². The third-order valence-corrected chi connectivity index (χ3v) is 6.35. The Morgan fingerprint density at radius 2 is 1.81 bits per heavy atom. The van der Waals surface area contributed by atoms with Crippen molar-refractivity contribution in [2.45, 2.75) is 31.0 Å². The summed E-state index contributed by atoms with van der Waals surface area (Å²) >= 11 is 0. The molecule has 0 saturated carbocycles. The predicted octanol–water partition coefficient (Wildman–Crippen LogP) is 2.87. The van der Waals surface area contributed by atoms with Crippen LogP contribution in [0.4, 0.5) is 0 Å². The molecule has 8 nitrogen and oxygen atoms in total. The van der Waals surface area contributed by atoms with Gasteiger partial charge in [0, 0.05) is 38.1 Å². The number of rotatable bonds is 3. The highest BCUT2D eigenvalue weighted by Crippen LogP contribution is 2.45. The second kappa shape index (κ2) is 7.93. The molecule has 1 spiro atoms. The van der Waals surface area contributed by atoms with E-state index in [1.54, 1.807) is 30.2 Å². The number of carbonyl (C=O) groups excluding carboxylic acids is 2. The van der Waals surface area contributed by atoms with Crippen LogP contribution in [0.1, 0.15) is 29.6 Å². The van der Waals surface area contributed by atoms with Crippen LogP contribution in [0.15, 0.2) is 36.4 Å². The fourth-order valence-electron chi connectivity index (χ4n) is 4.61. The van der Waals surface area contributed by atoms with Gasteiger partial charge in [-0.05, 0) is 12.1 Å². The maximum atomic E-state index is 13.0. The molecule has 1 amide bonds. The summed E-state index contributed by atoms with van der Waals surface area (Å²) in [4.78, 5) is 27.8. The average molecular weight is 439 g/mol. The normalized spacial score (nSPS) is 20.9. The number of nitrogens with zero attached hydrogens (tertiary/aromatic N) is 1. The third-order valence-electron chi connectivity index (χ3n) is 6.35. The molecule has 1 unspecified atom stereocenters. The molecule has 3 aliphatic rings. The monoisotopic (exact) mass is 439 g/mol. The maximum Gasteiger partial charge on any atom is 0.267 e. The molecule has 0 bridgehead atoms. The largest absolute Gasteiger partial charge is 0.496 e. The average Bonchev–Trinajstić information content (AvgIpc) is 2.82. The molecular weight excluding hydrogens is 414 g/mol. The van der Waals surface area contributed by atoms with Crippen molar-refractivity contribution < 1.29 is 33.3 Å². The van der Waals surface area contributed by atoms with E-state index in [0.717, 1.165) is 0 Å². The zero-order chi connectivity index (χ0) is 22.3. The number of carbonyl (C=O) groups is 2. The highest BCUT2D eigenvalue weighted by atomic mass is 16.6. The van der Waals surface area contributed by atoms with Gasteiger partial charge in [-0.1, -0.05) is 12.1 Å². The molecule has 0 aliphatic carbocycles. The molecule has 2 aromatic carbocycles. The first-order chi connectivity index (χ1) is 15.5. The molecule has 0 N–H and O–H groups in total. The Bertz CT molecular complexity index is 1060. The summed E-state index contributed by atoms with van der Waals surface area (Å²) < 4.78 is 28.6. The first-order valence-corrected chi connectivity index (χ1v) is 10.7. The van der Waals surface area contributed by atoms with Crippen LogP contribution in [-0.2, 0) is 4.79 Å². The van der Waals surface area contributed by atoms with Crippen molar-refractivity contribution in [2.75, 3.05) is 33.9 Å². The summed E-state index contributed by atoms with van der Waals surface area (Å²) in [6.07, 6.45) is 0.671. The van der Waals surface area contributed by atoms with Crippen LogP contribution in [0.25, 0.3) is 0 Å². The SMILES string of the molecule is COc1cc(OC)c2c(c1)OC1(CCN(C(=O)C3COc4ccccc4O3)CC1)CC2=O. The van der Waals surface area contributed by atoms with Crippen LogP contribution in [-0.4, -0.2) is 62.2 Å². The van der Waals surface area contributed by atoms with Crippen LogP contribution in [0.5, 0.6) is 28.7 Å². The third kappa shape index (κ3) is 3.49. The lowest BCUT2D eigenvalue weighted by atomic mass is 9.82. The topological polar surface area (TPSA) is 83.5 Å². The number of hydrogen-bond donors (Lipinski definition) is 0. The summed E-state index contributed by atoms with van der Waals surface area (Å²) in [5, 5.41) is 0. The summed E-state index contributed by atoms with van der Waals surface area (Å²) in [5.41, 5.74) is -0.196. The molecule has 3 heterocycles. The second-order valence-electron chi connectivity index (χ2n) is 8.28. The highest BCUT2D eigenvalue weighted by molar-refractivity contribution is 6.03. The van der Waals surface area contributed by atoms with Crippen molar-refractivity contribution in [3.05, 3.63) is 42.0 Å². The smallest absolute Gasteiger partial charge is 0.267 e. The number of piperidine rings is 1. The van der Waals surface area contributed by atoms with Crippen molar-refractivity contribution in [1.29, 1.82) is 0 Å². The zero-order valence-corrected chi connectivity index (χ0v) is 18.1. The molecule has 1 saturated heterocycles. The number of likely N-dealkylation sites (tertiary alicyclic amines) is 1. The molecule has 32 heavy (non-hydrogen) atoms. The summed E-state index contributed by atoms with van der Waals surface area (Å²) in [7, 11) is 3.08. The molecule has 168 valence electrons. The van der Waals surface area contributed by atoms with Gasteiger partial charge < -0.3 is 28.6 Å². The molecule has 0 radical (unpaired) electrons. The van der Waals surface area contributed by atoms with Crippen LogP contribution in [0, 0.1) is 0 Å². The van der Waals surface area contributed by atoms with E-state index in [0.29, 0.717) is 60.2 Å². The van der Waals surface area contributed by atoms with Gasteiger partial charge in [0.05, 0.1) is 20.6 Å². The lowest BCUT2D eigenvalue weighted by Gasteiger charge is -2.44. The Labute approximate surface area is 186 Å². The number of benzene rings is 2. The van der Waals surface area contributed by atoms with Gasteiger partial charge in [-0.25, -0.2) is 0 Å². The van der Waals surface area contributed by atoms with E-state index in [-0.39, 0.29) is 24.7 Å². The van der Waals surface area contributed by atoms with Crippen LogP contribution >= 0.6 is 0 Å². The number of methoxy groups -OCH3 is 2. The quantitative estimate of drug-likeness (QED) is 0.727. The predicted molar refractivity (Wildman–Crippen MR) is 114 cm³/mol. The molecule has 2 aromatic rings. The lowest BCUT2D eigenvalue weighted by Crippen LogP contribution is -2.55. The van der Waals surface area contributed by atoms with Crippen LogP contribution in [0.2, 0.25) is 0 Å². The summed E-state index contributed by atoms with van der Waals surface area (Å²) in [6.45, 7) is 1.13. The molecule has 5 rings (SSSR count). The Morgan fingerprint density at radius 1 is 1.06 bits per heavy atom. The molecule has 8 heteroatoms. The van der Waals surface area contributed by atoms with Gasteiger partial charge in [-0.15, -0.1) is 0 Å². The first-order valence-electron chi connectivity index (χ1n) is 10.7. The van der Waals surface area contributed by atoms with E-state index in [9.17, 15) is 9.59 Å². The van der Waals surface area contributed by atoms with E-state index in [1.165, 1.54) is 7.11 Å². The zero-order valence-electron chi connectivity index (χ0n) is 18.1. The molecule has 3 aliphatic heterocycles. The molecule has 0 aromatic heterocycles. The Morgan fingerprint density at radius 3 is 2.53 bits per heavy atom. The second-order valence-corrected chi connectivity index (χ2v) is 8.28. The Hall–Kier alpha value is -3.42. The fraction of sp³-hybridized carbons (Fsp3) is 0.417. The number of amides is 1. The van der Waals surface area contributed by atoms with Gasteiger partial charge >= 0.3 is 0 Å². The Kier molecular flexibility index (Phi) is 5.07. The fourth-order valence-corrected chi connectivity index (χ4v) is 4.61. The Balaban J connectivity index is 1.29. The number of para-hydroxylation sites is 2. The van der Waals surface area contributed by atoms with Crippen molar-refractivity contribution in [1.82, 2.24) is 4.90 Å². The summed E-state index contributed by atoms with van der Waals surface area (Å²) in [6, 6.07) is 10.7. The minimum Gasteiger partial charge on any atom is -0.496 e. The highest BCUT2D eigenvalue weighted by Gasteiger charge is 2.46. The first kappa shape index (κ1) is 20.5.